The molecule has 1 nitrogen and oxygen atoms in total. The van der Waals surface area contributed by atoms with Crippen LogP contribution < -0.4 is 0 Å². The molecule has 1 heteroatoms. The molecule has 1 aromatic carbocycles. The lowest BCUT2D eigenvalue weighted by atomic mass is 9.96. The summed E-state index contributed by atoms with van der Waals surface area (Å²) >= 11 is 0. The number of aryl methyl sites for hydroxylation is 2. The van der Waals surface area contributed by atoms with Crippen molar-refractivity contribution in [2.75, 3.05) is 0 Å². The number of hydrogen-bond donors (Lipinski definition) is 0. The second kappa shape index (κ2) is 5.48. The van der Waals surface area contributed by atoms with E-state index in [4.69, 9.17) is 0 Å². The van der Waals surface area contributed by atoms with Crippen molar-refractivity contribution in [3.8, 4) is 0 Å². The molecule has 17 heavy (non-hydrogen) atoms. The largest absolute Gasteiger partial charge is 0.299 e. The highest BCUT2D eigenvalue weighted by Crippen LogP contribution is 2.28. The predicted octanol–water partition coefficient (Wildman–Crippen LogP) is 4.00. The maximum Gasteiger partial charge on any atom is 0.137 e. The van der Waals surface area contributed by atoms with Gasteiger partial charge in [-0.05, 0) is 36.5 Å². The summed E-state index contributed by atoms with van der Waals surface area (Å²) in [6.07, 6.45) is 6.59. The molecule has 0 amide bonds. The second-order valence-electron chi connectivity index (χ2n) is 5.49. The van der Waals surface area contributed by atoms with E-state index < -0.39 is 0 Å². The van der Waals surface area contributed by atoms with Crippen molar-refractivity contribution >= 4 is 5.78 Å². The molecular formula is C16H22O. The number of carbonyl (C=O) groups excluding carboxylic acids is 1. The summed E-state index contributed by atoms with van der Waals surface area (Å²) < 4.78 is 0. The Kier molecular flexibility index (Phi) is 3.98. The molecule has 0 spiro atoms. The second-order valence-corrected chi connectivity index (χ2v) is 5.49. The Labute approximate surface area is 104 Å². The molecule has 1 saturated carbocycles. The number of Topliss-reactive ketones (excluding diaryl/α,β-unsaturated/α-hetero) is 1. The van der Waals surface area contributed by atoms with Crippen LogP contribution in [-0.2, 0) is 11.2 Å². The minimum Gasteiger partial charge on any atom is -0.299 e. The van der Waals surface area contributed by atoms with Gasteiger partial charge in [0.25, 0.3) is 0 Å². The van der Waals surface area contributed by atoms with Crippen LogP contribution >= 0.6 is 0 Å². The van der Waals surface area contributed by atoms with E-state index in [9.17, 15) is 4.79 Å². The standard InChI is InChI=1S/C16H22O/c1-12-7-8-15(9-13(12)2)11-16(17)10-14-5-3-4-6-14/h7-9,14H,3-6,10-11H2,1-2H3. The number of hydrogen-bond acceptors (Lipinski definition) is 1. The Morgan fingerprint density at radius 3 is 2.53 bits per heavy atom. The van der Waals surface area contributed by atoms with Crippen LogP contribution in [-0.4, -0.2) is 5.78 Å². The van der Waals surface area contributed by atoms with E-state index in [0.717, 1.165) is 6.42 Å². The summed E-state index contributed by atoms with van der Waals surface area (Å²) in [6.45, 7) is 4.22. The number of carbonyl (C=O) groups is 1. The molecule has 92 valence electrons. The zero-order valence-corrected chi connectivity index (χ0v) is 11.0. The van der Waals surface area contributed by atoms with E-state index in [1.165, 1.54) is 42.4 Å². The van der Waals surface area contributed by atoms with Crippen molar-refractivity contribution in [2.24, 2.45) is 5.92 Å². The molecule has 1 aliphatic rings. The average Bonchev–Trinajstić information content (AvgIpc) is 2.76. The van der Waals surface area contributed by atoms with Crippen LogP contribution in [0.15, 0.2) is 18.2 Å². The van der Waals surface area contributed by atoms with Crippen molar-refractivity contribution in [3.05, 3.63) is 34.9 Å². The summed E-state index contributed by atoms with van der Waals surface area (Å²) in [6, 6.07) is 6.37. The van der Waals surface area contributed by atoms with Gasteiger partial charge in [-0.25, -0.2) is 0 Å². The Bertz CT molecular complexity index is 400. The van der Waals surface area contributed by atoms with Gasteiger partial charge in [0, 0.05) is 12.8 Å². The van der Waals surface area contributed by atoms with Crippen LogP contribution in [0.1, 0.15) is 48.8 Å². The zero-order valence-electron chi connectivity index (χ0n) is 11.0. The molecule has 0 heterocycles. The highest BCUT2D eigenvalue weighted by Gasteiger charge is 2.18. The molecule has 0 atom stereocenters. The van der Waals surface area contributed by atoms with Crippen LogP contribution in [0.3, 0.4) is 0 Å². The van der Waals surface area contributed by atoms with Crippen LogP contribution in [0, 0.1) is 19.8 Å². The van der Waals surface area contributed by atoms with Gasteiger partial charge in [-0.15, -0.1) is 0 Å². The fourth-order valence-electron chi connectivity index (χ4n) is 2.75. The maximum atomic E-state index is 12.0. The van der Waals surface area contributed by atoms with Gasteiger partial charge in [0.1, 0.15) is 5.78 Å². The van der Waals surface area contributed by atoms with E-state index in [2.05, 4.69) is 32.0 Å². The zero-order chi connectivity index (χ0) is 12.3. The van der Waals surface area contributed by atoms with E-state index in [0.29, 0.717) is 18.1 Å². The first kappa shape index (κ1) is 12.3. The lowest BCUT2D eigenvalue weighted by molar-refractivity contribution is -0.119. The molecule has 1 fully saturated rings. The quantitative estimate of drug-likeness (QED) is 0.764. The van der Waals surface area contributed by atoms with Gasteiger partial charge in [-0.1, -0.05) is 43.9 Å². The molecule has 0 saturated heterocycles. The Morgan fingerprint density at radius 1 is 1.18 bits per heavy atom. The van der Waals surface area contributed by atoms with Gasteiger partial charge in [0.05, 0.1) is 0 Å². The molecule has 0 radical (unpaired) electrons. The maximum absolute atomic E-state index is 12.0. The first-order valence-electron chi connectivity index (χ1n) is 6.73. The molecule has 2 rings (SSSR count). The van der Waals surface area contributed by atoms with Crippen molar-refractivity contribution in [1.29, 1.82) is 0 Å². The summed E-state index contributed by atoms with van der Waals surface area (Å²) in [4.78, 5) is 12.0. The Morgan fingerprint density at radius 2 is 1.88 bits per heavy atom. The third-order valence-corrected chi connectivity index (χ3v) is 3.96. The minimum atomic E-state index is 0.417. The highest BCUT2D eigenvalue weighted by molar-refractivity contribution is 5.81. The van der Waals surface area contributed by atoms with Crippen LogP contribution in [0.2, 0.25) is 0 Å². The van der Waals surface area contributed by atoms with Crippen LogP contribution in [0.25, 0.3) is 0 Å². The molecule has 1 aromatic rings. The van der Waals surface area contributed by atoms with E-state index in [1.54, 1.807) is 0 Å². The van der Waals surface area contributed by atoms with Gasteiger partial charge in [0.15, 0.2) is 0 Å². The molecule has 0 N–H and O–H groups in total. The summed E-state index contributed by atoms with van der Waals surface area (Å²) in [7, 11) is 0. The molecular weight excluding hydrogens is 208 g/mol. The van der Waals surface area contributed by atoms with Crippen molar-refractivity contribution in [1.82, 2.24) is 0 Å². The fourth-order valence-corrected chi connectivity index (χ4v) is 2.75. The summed E-state index contributed by atoms with van der Waals surface area (Å²) in [5.74, 6) is 1.09. The smallest absolute Gasteiger partial charge is 0.137 e. The van der Waals surface area contributed by atoms with Gasteiger partial charge < -0.3 is 0 Å². The van der Waals surface area contributed by atoms with E-state index in [-0.39, 0.29) is 0 Å². The van der Waals surface area contributed by atoms with Gasteiger partial charge >= 0.3 is 0 Å². The first-order chi connectivity index (χ1) is 8.15. The number of benzene rings is 1. The minimum absolute atomic E-state index is 0.417. The molecule has 0 aromatic heterocycles. The average molecular weight is 230 g/mol. The van der Waals surface area contributed by atoms with Crippen LogP contribution in [0.5, 0.6) is 0 Å². The lowest BCUT2D eigenvalue weighted by Gasteiger charge is -2.08. The topological polar surface area (TPSA) is 17.1 Å². The number of rotatable bonds is 4. The SMILES string of the molecule is Cc1ccc(CC(=O)CC2CCCC2)cc1C. The van der Waals surface area contributed by atoms with E-state index in [1.807, 2.05) is 0 Å². The number of ketones is 1. The first-order valence-corrected chi connectivity index (χ1v) is 6.73. The third-order valence-electron chi connectivity index (χ3n) is 3.96. The lowest BCUT2D eigenvalue weighted by Crippen LogP contribution is -2.08. The van der Waals surface area contributed by atoms with Crippen molar-refractivity contribution < 1.29 is 4.79 Å². The monoisotopic (exact) mass is 230 g/mol. The summed E-state index contributed by atoms with van der Waals surface area (Å²) in [5, 5.41) is 0. The molecule has 0 bridgehead atoms. The van der Waals surface area contributed by atoms with E-state index >= 15 is 0 Å². The van der Waals surface area contributed by atoms with Gasteiger partial charge in [-0.2, -0.15) is 0 Å². The predicted molar refractivity (Wildman–Crippen MR) is 71.2 cm³/mol. The Hall–Kier alpha value is -1.11. The highest BCUT2D eigenvalue weighted by atomic mass is 16.1. The van der Waals surface area contributed by atoms with Crippen molar-refractivity contribution in [2.45, 2.75) is 52.4 Å². The van der Waals surface area contributed by atoms with Crippen molar-refractivity contribution in [3.63, 3.8) is 0 Å². The summed E-state index contributed by atoms with van der Waals surface area (Å²) in [5.41, 5.74) is 3.77. The molecule has 1 aliphatic carbocycles. The van der Waals surface area contributed by atoms with Gasteiger partial charge in [0.2, 0.25) is 0 Å². The molecule has 0 unspecified atom stereocenters. The normalized spacial score (nSPS) is 16.4. The molecule has 0 aliphatic heterocycles. The van der Waals surface area contributed by atoms with Crippen LogP contribution in [0.4, 0.5) is 0 Å². The fraction of sp³-hybridized carbons (Fsp3) is 0.562. The third kappa shape index (κ3) is 3.42. The Balaban J connectivity index is 1.90. The van der Waals surface area contributed by atoms with Gasteiger partial charge in [-0.3, -0.25) is 4.79 Å².